The van der Waals surface area contributed by atoms with Gasteiger partial charge in [0.25, 0.3) is 5.91 Å². The summed E-state index contributed by atoms with van der Waals surface area (Å²) in [7, 11) is 0. The van der Waals surface area contributed by atoms with Crippen LogP contribution in [0, 0.1) is 0 Å². The van der Waals surface area contributed by atoms with E-state index in [2.05, 4.69) is 31.2 Å². The molecule has 0 fully saturated rings. The number of amides is 1. The lowest BCUT2D eigenvalue weighted by molar-refractivity contribution is 0.0950. The number of carbonyl (C=O) groups is 1. The largest absolute Gasteiger partial charge is 0.368 e. The Kier molecular flexibility index (Phi) is 4.60. The number of anilines is 1. The molecule has 0 aliphatic carbocycles. The summed E-state index contributed by atoms with van der Waals surface area (Å²) in [6.07, 6.45) is 1.62. The first-order valence-corrected chi connectivity index (χ1v) is 9.13. The van der Waals surface area contributed by atoms with Crippen LogP contribution in [0.15, 0.2) is 71.3 Å². The standard InChI is InChI=1S/C20H16BrN5O/c21-15-7-6-14-10-16(12-24-19(27)13-4-2-1-3-5-13)26(17(14)11-15)18-8-9-23-20(22)25-18/h1-11H,12H2,(H,24,27)(H2,22,23,25). The van der Waals surface area contributed by atoms with E-state index >= 15 is 0 Å². The molecule has 0 atom stereocenters. The van der Waals surface area contributed by atoms with E-state index in [0.29, 0.717) is 17.9 Å². The minimum Gasteiger partial charge on any atom is -0.368 e. The van der Waals surface area contributed by atoms with Gasteiger partial charge in [0.2, 0.25) is 5.95 Å². The molecule has 6 nitrogen and oxygen atoms in total. The molecule has 0 saturated carbocycles. The van der Waals surface area contributed by atoms with Gasteiger partial charge in [0.05, 0.1) is 12.1 Å². The van der Waals surface area contributed by atoms with Gasteiger partial charge in [-0.05, 0) is 36.4 Å². The Bertz CT molecular complexity index is 1120. The van der Waals surface area contributed by atoms with Gasteiger partial charge in [0, 0.05) is 27.3 Å². The molecular weight excluding hydrogens is 406 g/mol. The van der Waals surface area contributed by atoms with Crippen LogP contribution in [0.5, 0.6) is 0 Å². The van der Waals surface area contributed by atoms with Crippen molar-refractivity contribution in [2.45, 2.75) is 6.54 Å². The van der Waals surface area contributed by atoms with E-state index in [-0.39, 0.29) is 11.9 Å². The number of nitrogens with zero attached hydrogens (tertiary/aromatic N) is 3. The van der Waals surface area contributed by atoms with Crippen molar-refractivity contribution in [2.75, 3.05) is 5.73 Å². The number of halogens is 1. The van der Waals surface area contributed by atoms with Gasteiger partial charge in [0.1, 0.15) is 5.82 Å². The van der Waals surface area contributed by atoms with E-state index < -0.39 is 0 Å². The smallest absolute Gasteiger partial charge is 0.251 e. The molecule has 0 aliphatic heterocycles. The Hall–Kier alpha value is -3.19. The van der Waals surface area contributed by atoms with Crippen molar-refractivity contribution < 1.29 is 4.79 Å². The second-order valence-corrected chi connectivity index (χ2v) is 6.91. The third kappa shape index (κ3) is 3.54. The van der Waals surface area contributed by atoms with Crippen LogP contribution < -0.4 is 11.1 Å². The van der Waals surface area contributed by atoms with Crippen LogP contribution >= 0.6 is 15.9 Å². The maximum absolute atomic E-state index is 12.4. The number of aromatic nitrogens is 3. The zero-order valence-electron chi connectivity index (χ0n) is 14.3. The number of hydrogen-bond acceptors (Lipinski definition) is 4. The first-order chi connectivity index (χ1) is 13.1. The monoisotopic (exact) mass is 421 g/mol. The van der Waals surface area contributed by atoms with Gasteiger partial charge in [-0.2, -0.15) is 4.98 Å². The fourth-order valence-corrected chi connectivity index (χ4v) is 3.33. The van der Waals surface area contributed by atoms with Gasteiger partial charge in [-0.15, -0.1) is 0 Å². The normalized spacial score (nSPS) is 10.9. The number of nitrogen functional groups attached to an aromatic ring is 1. The predicted molar refractivity (Wildman–Crippen MR) is 109 cm³/mol. The second-order valence-electron chi connectivity index (χ2n) is 6.00. The summed E-state index contributed by atoms with van der Waals surface area (Å²) in [4.78, 5) is 20.7. The minimum atomic E-state index is -0.129. The minimum absolute atomic E-state index is 0.129. The van der Waals surface area contributed by atoms with E-state index in [1.54, 1.807) is 24.4 Å². The van der Waals surface area contributed by atoms with Gasteiger partial charge in [0.15, 0.2) is 0 Å². The number of hydrogen-bond donors (Lipinski definition) is 2. The molecule has 4 aromatic rings. The first kappa shape index (κ1) is 17.2. The van der Waals surface area contributed by atoms with Crippen LogP contribution in [-0.2, 0) is 6.54 Å². The summed E-state index contributed by atoms with van der Waals surface area (Å²) in [5, 5.41) is 4.01. The van der Waals surface area contributed by atoms with Crippen molar-refractivity contribution in [2.24, 2.45) is 0 Å². The molecule has 7 heteroatoms. The lowest BCUT2D eigenvalue weighted by Crippen LogP contribution is -2.24. The zero-order valence-corrected chi connectivity index (χ0v) is 15.8. The van der Waals surface area contributed by atoms with E-state index in [1.807, 2.05) is 47.0 Å². The van der Waals surface area contributed by atoms with Crippen LogP contribution in [-0.4, -0.2) is 20.4 Å². The molecule has 0 saturated heterocycles. The van der Waals surface area contributed by atoms with Gasteiger partial charge in [-0.25, -0.2) is 4.98 Å². The molecule has 0 aliphatic rings. The van der Waals surface area contributed by atoms with Crippen LogP contribution in [0.25, 0.3) is 16.7 Å². The van der Waals surface area contributed by atoms with E-state index in [4.69, 9.17) is 5.73 Å². The van der Waals surface area contributed by atoms with Crippen molar-refractivity contribution >= 4 is 38.7 Å². The number of rotatable bonds is 4. The van der Waals surface area contributed by atoms with Crippen molar-refractivity contribution in [1.82, 2.24) is 19.9 Å². The highest BCUT2D eigenvalue weighted by molar-refractivity contribution is 9.10. The Balaban J connectivity index is 1.74. The topological polar surface area (TPSA) is 85.8 Å². The van der Waals surface area contributed by atoms with Crippen LogP contribution in [0.1, 0.15) is 16.1 Å². The molecule has 2 aromatic heterocycles. The third-order valence-corrected chi connectivity index (χ3v) is 4.69. The van der Waals surface area contributed by atoms with Crippen LogP contribution in [0.3, 0.4) is 0 Å². The Morgan fingerprint density at radius 1 is 1.11 bits per heavy atom. The number of benzene rings is 2. The average Bonchev–Trinajstić information content (AvgIpc) is 3.04. The van der Waals surface area contributed by atoms with Crippen molar-refractivity contribution in [3.8, 4) is 5.82 Å². The Morgan fingerprint density at radius 3 is 2.70 bits per heavy atom. The van der Waals surface area contributed by atoms with Crippen molar-refractivity contribution in [3.05, 3.63) is 82.6 Å². The summed E-state index contributed by atoms with van der Waals surface area (Å²) >= 11 is 3.52. The highest BCUT2D eigenvalue weighted by atomic mass is 79.9. The highest BCUT2D eigenvalue weighted by Crippen LogP contribution is 2.26. The summed E-state index contributed by atoms with van der Waals surface area (Å²) in [6.45, 7) is 0.351. The molecule has 0 radical (unpaired) electrons. The fourth-order valence-electron chi connectivity index (χ4n) is 2.98. The SMILES string of the molecule is Nc1nccc(-n2c(CNC(=O)c3ccccc3)cc3ccc(Br)cc32)n1. The maximum atomic E-state index is 12.4. The van der Waals surface area contributed by atoms with E-state index in [9.17, 15) is 4.79 Å². The van der Waals surface area contributed by atoms with Crippen LogP contribution in [0.4, 0.5) is 5.95 Å². The molecule has 2 aromatic carbocycles. The summed E-state index contributed by atoms with van der Waals surface area (Å²) < 4.78 is 2.93. The number of carbonyl (C=O) groups excluding carboxylic acids is 1. The summed E-state index contributed by atoms with van der Waals surface area (Å²) in [5.41, 5.74) is 8.25. The van der Waals surface area contributed by atoms with Gasteiger partial charge >= 0.3 is 0 Å². The second kappa shape index (κ2) is 7.20. The lowest BCUT2D eigenvalue weighted by atomic mass is 10.2. The molecular formula is C20H16BrN5O. The van der Waals surface area contributed by atoms with Gasteiger partial charge in [-0.1, -0.05) is 40.2 Å². The van der Waals surface area contributed by atoms with E-state index in [0.717, 1.165) is 21.1 Å². The predicted octanol–water partition coefficient (Wildman–Crippen LogP) is 3.70. The molecule has 0 unspecified atom stereocenters. The van der Waals surface area contributed by atoms with Crippen molar-refractivity contribution in [3.63, 3.8) is 0 Å². The molecule has 2 heterocycles. The third-order valence-electron chi connectivity index (χ3n) is 4.20. The van der Waals surface area contributed by atoms with Crippen LogP contribution in [0.2, 0.25) is 0 Å². The Labute approximate surface area is 164 Å². The zero-order chi connectivity index (χ0) is 18.8. The quantitative estimate of drug-likeness (QED) is 0.525. The summed E-state index contributed by atoms with van der Waals surface area (Å²) in [5.74, 6) is 0.721. The number of nitrogens with two attached hydrogens (primary N) is 1. The molecule has 1 amide bonds. The fraction of sp³-hybridized carbons (Fsp3) is 0.0500. The molecule has 0 spiro atoms. The maximum Gasteiger partial charge on any atom is 0.251 e. The molecule has 3 N–H and O–H groups in total. The average molecular weight is 422 g/mol. The summed E-state index contributed by atoms with van der Waals surface area (Å²) in [6, 6.07) is 19.0. The van der Waals surface area contributed by atoms with Gasteiger partial charge < -0.3 is 11.1 Å². The first-order valence-electron chi connectivity index (χ1n) is 8.34. The number of fused-ring (bicyclic) bond motifs is 1. The molecule has 4 rings (SSSR count). The van der Waals surface area contributed by atoms with E-state index in [1.165, 1.54) is 0 Å². The molecule has 0 bridgehead atoms. The van der Waals surface area contributed by atoms with Crippen molar-refractivity contribution in [1.29, 1.82) is 0 Å². The number of nitrogens with one attached hydrogen (secondary N) is 1. The highest BCUT2D eigenvalue weighted by Gasteiger charge is 2.14. The molecule has 134 valence electrons. The molecule has 27 heavy (non-hydrogen) atoms. The Morgan fingerprint density at radius 2 is 1.93 bits per heavy atom. The van der Waals surface area contributed by atoms with Gasteiger partial charge in [-0.3, -0.25) is 9.36 Å². The lowest BCUT2D eigenvalue weighted by Gasteiger charge is -2.11.